The lowest BCUT2D eigenvalue weighted by molar-refractivity contribution is 0.0637. The van der Waals surface area contributed by atoms with Crippen molar-refractivity contribution in [2.45, 2.75) is 45.6 Å². The number of nitrogen functional groups attached to an aromatic ring is 1. The maximum atomic E-state index is 10.1. The van der Waals surface area contributed by atoms with Crippen LogP contribution < -0.4 is 15.8 Å². The molecule has 1 rings (SSSR count). The van der Waals surface area contributed by atoms with E-state index in [1.165, 1.54) is 0 Å². The van der Waals surface area contributed by atoms with Gasteiger partial charge in [0.25, 0.3) is 0 Å². The van der Waals surface area contributed by atoms with Crippen molar-refractivity contribution in [1.29, 1.82) is 0 Å². The van der Waals surface area contributed by atoms with Gasteiger partial charge in [0.15, 0.2) is 0 Å². The van der Waals surface area contributed by atoms with Crippen molar-refractivity contribution in [3.05, 3.63) is 18.2 Å². The van der Waals surface area contributed by atoms with Gasteiger partial charge in [-0.1, -0.05) is 26.3 Å². The van der Waals surface area contributed by atoms with E-state index in [2.05, 4.69) is 19.2 Å². The summed E-state index contributed by atoms with van der Waals surface area (Å²) < 4.78 is 5.58. The van der Waals surface area contributed by atoms with Crippen LogP contribution in [0.15, 0.2) is 18.2 Å². The summed E-state index contributed by atoms with van der Waals surface area (Å²) in [5.41, 5.74) is 6.75. The molecule has 4 heteroatoms. The number of nitrogens with two attached hydrogens (primary N) is 1. The minimum atomic E-state index is -0.721. The molecular formula is C15H26N2O2. The Balaban J connectivity index is 2.68. The smallest absolute Gasteiger partial charge is 0.144 e. The number of para-hydroxylation sites is 1. The van der Waals surface area contributed by atoms with E-state index in [1.54, 1.807) is 0 Å². The van der Waals surface area contributed by atoms with Gasteiger partial charge < -0.3 is 20.9 Å². The lowest BCUT2D eigenvalue weighted by atomic mass is 10.0. The number of rotatable bonds is 8. The molecule has 0 aromatic heterocycles. The second-order valence-corrected chi connectivity index (χ2v) is 5.17. The van der Waals surface area contributed by atoms with Gasteiger partial charge in [0, 0.05) is 6.54 Å². The van der Waals surface area contributed by atoms with Crippen molar-refractivity contribution in [3.63, 3.8) is 0 Å². The third-order valence-corrected chi connectivity index (χ3v) is 2.98. The molecule has 1 aromatic carbocycles. The van der Waals surface area contributed by atoms with Crippen LogP contribution in [0.2, 0.25) is 0 Å². The van der Waals surface area contributed by atoms with E-state index in [0.717, 1.165) is 24.9 Å². The number of benzene rings is 1. The first-order chi connectivity index (χ1) is 9.00. The molecule has 19 heavy (non-hydrogen) atoms. The molecule has 0 aliphatic rings. The second kappa shape index (κ2) is 7.24. The summed E-state index contributed by atoms with van der Waals surface area (Å²) in [4.78, 5) is 0. The van der Waals surface area contributed by atoms with Gasteiger partial charge in [-0.15, -0.1) is 0 Å². The largest absolute Gasteiger partial charge is 0.491 e. The average Bonchev–Trinajstić information content (AvgIpc) is 2.36. The molecule has 4 nitrogen and oxygen atoms in total. The molecule has 0 heterocycles. The Morgan fingerprint density at radius 1 is 1.32 bits per heavy atom. The summed E-state index contributed by atoms with van der Waals surface area (Å²) in [6.07, 6.45) is 2.65. The predicted molar refractivity (Wildman–Crippen MR) is 80.7 cm³/mol. The fourth-order valence-corrected chi connectivity index (χ4v) is 1.95. The highest BCUT2D eigenvalue weighted by atomic mass is 16.5. The molecule has 0 aliphatic heterocycles. The van der Waals surface area contributed by atoms with E-state index in [1.807, 2.05) is 25.1 Å². The summed E-state index contributed by atoms with van der Waals surface area (Å²) in [6, 6.07) is 5.66. The van der Waals surface area contributed by atoms with Crippen LogP contribution in [0.25, 0.3) is 0 Å². The first-order valence-corrected chi connectivity index (χ1v) is 6.97. The lowest BCUT2D eigenvalue weighted by Gasteiger charge is -2.24. The predicted octanol–water partition coefficient (Wildman–Crippen LogP) is 3.02. The second-order valence-electron chi connectivity index (χ2n) is 5.17. The molecule has 0 saturated heterocycles. The zero-order valence-corrected chi connectivity index (χ0v) is 12.2. The van der Waals surface area contributed by atoms with Crippen molar-refractivity contribution >= 4 is 11.4 Å². The first kappa shape index (κ1) is 15.6. The summed E-state index contributed by atoms with van der Waals surface area (Å²) in [5, 5.41) is 13.3. The van der Waals surface area contributed by atoms with Crippen molar-refractivity contribution < 1.29 is 9.84 Å². The van der Waals surface area contributed by atoms with Crippen LogP contribution in [-0.4, -0.2) is 23.9 Å². The highest BCUT2D eigenvalue weighted by Crippen LogP contribution is 2.30. The number of hydrogen-bond acceptors (Lipinski definition) is 4. The van der Waals surface area contributed by atoms with Crippen molar-refractivity contribution in [2.24, 2.45) is 0 Å². The molecule has 0 fully saturated rings. The average molecular weight is 266 g/mol. The van der Waals surface area contributed by atoms with Gasteiger partial charge in [-0.25, -0.2) is 0 Å². The van der Waals surface area contributed by atoms with E-state index in [9.17, 15) is 5.11 Å². The highest BCUT2D eigenvalue weighted by Gasteiger charge is 2.19. The monoisotopic (exact) mass is 266 g/mol. The van der Waals surface area contributed by atoms with Crippen LogP contribution in [0.3, 0.4) is 0 Å². The quantitative estimate of drug-likeness (QED) is 0.633. The molecule has 1 atom stereocenters. The van der Waals surface area contributed by atoms with Crippen LogP contribution in [0, 0.1) is 0 Å². The molecule has 0 aliphatic carbocycles. The maximum absolute atomic E-state index is 10.1. The third kappa shape index (κ3) is 4.99. The fraction of sp³-hybridized carbons (Fsp3) is 0.600. The van der Waals surface area contributed by atoms with E-state index in [-0.39, 0.29) is 0 Å². The van der Waals surface area contributed by atoms with Crippen molar-refractivity contribution in [2.75, 3.05) is 24.2 Å². The number of anilines is 2. The van der Waals surface area contributed by atoms with Gasteiger partial charge in [-0.3, -0.25) is 0 Å². The summed E-state index contributed by atoms with van der Waals surface area (Å²) in [5.74, 6) is 0.696. The Kier molecular flexibility index (Phi) is 5.96. The van der Waals surface area contributed by atoms with Gasteiger partial charge in [0.05, 0.1) is 23.6 Å². The SMILES string of the molecule is CCCOc1cccc(NCC(C)(O)CCC)c1N. The molecule has 0 saturated carbocycles. The molecule has 0 radical (unpaired) electrons. The van der Waals surface area contributed by atoms with Gasteiger partial charge >= 0.3 is 0 Å². The molecule has 108 valence electrons. The number of aliphatic hydroxyl groups is 1. The van der Waals surface area contributed by atoms with Gasteiger partial charge in [-0.2, -0.15) is 0 Å². The Bertz CT molecular complexity index is 392. The number of ether oxygens (including phenoxy) is 1. The Labute approximate surface area is 116 Å². The minimum absolute atomic E-state index is 0.474. The molecule has 0 amide bonds. The first-order valence-electron chi connectivity index (χ1n) is 6.97. The summed E-state index contributed by atoms with van der Waals surface area (Å²) >= 11 is 0. The Hall–Kier alpha value is -1.42. The molecule has 4 N–H and O–H groups in total. The van der Waals surface area contributed by atoms with E-state index < -0.39 is 5.60 Å². The summed E-state index contributed by atoms with van der Waals surface area (Å²) in [7, 11) is 0. The van der Waals surface area contributed by atoms with Crippen LogP contribution in [0.1, 0.15) is 40.0 Å². The summed E-state index contributed by atoms with van der Waals surface area (Å²) in [6.45, 7) is 7.07. The van der Waals surface area contributed by atoms with E-state index in [4.69, 9.17) is 10.5 Å². The Morgan fingerprint density at radius 2 is 2.05 bits per heavy atom. The number of hydrogen-bond donors (Lipinski definition) is 3. The van der Waals surface area contributed by atoms with Gasteiger partial charge in [-0.05, 0) is 31.9 Å². The van der Waals surface area contributed by atoms with Gasteiger partial charge in [0.1, 0.15) is 5.75 Å². The molecule has 0 bridgehead atoms. The van der Waals surface area contributed by atoms with Crippen LogP contribution in [0.4, 0.5) is 11.4 Å². The fourth-order valence-electron chi connectivity index (χ4n) is 1.95. The molecular weight excluding hydrogens is 240 g/mol. The topological polar surface area (TPSA) is 67.5 Å². The highest BCUT2D eigenvalue weighted by molar-refractivity contribution is 5.72. The minimum Gasteiger partial charge on any atom is -0.491 e. The normalized spacial score (nSPS) is 13.9. The van der Waals surface area contributed by atoms with Crippen LogP contribution in [0.5, 0.6) is 5.75 Å². The van der Waals surface area contributed by atoms with Crippen LogP contribution >= 0.6 is 0 Å². The standard InChI is InChI=1S/C15H26N2O2/c1-4-9-15(3,18)11-17-12-7-6-8-13(14(12)16)19-10-5-2/h6-8,17-18H,4-5,9-11,16H2,1-3H3. The number of nitrogens with one attached hydrogen (secondary N) is 1. The van der Waals surface area contributed by atoms with E-state index >= 15 is 0 Å². The third-order valence-electron chi connectivity index (χ3n) is 2.98. The lowest BCUT2D eigenvalue weighted by Crippen LogP contribution is -2.33. The van der Waals surface area contributed by atoms with Gasteiger partial charge in [0.2, 0.25) is 0 Å². The molecule has 1 unspecified atom stereocenters. The Morgan fingerprint density at radius 3 is 2.68 bits per heavy atom. The maximum Gasteiger partial charge on any atom is 0.144 e. The zero-order chi connectivity index (χ0) is 14.3. The zero-order valence-electron chi connectivity index (χ0n) is 12.2. The van der Waals surface area contributed by atoms with Crippen LogP contribution in [-0.2, 0) is 0 Å². The molecule has 0 spiro atoms. The van der Waals surface area contributed by atoms with Crippen molar-refractivity contribution in [3.8, 4) is 5.75 Å². The van der Waals surface area contributed by atoms with Crippen molar-refractivity contribution in [1.82, 2.24) is 0 Å². The molecule has 1 aromatic rings. The van der Waals surface area contributed by atoms with E-state index in [0.29, 0.717) is 24.6 Å².